The molecule has 0 amide bonds. The molecule has 176 valence electrons. The van der Waals surface area contributed by atoms with E-state index in [-0.39, 0.29) is 23.7 Å². The van der Waals surface area contributed by atoms with Crippen LogP contribution in [0, 0.1) is 23.4 Å². The zero-order chi connectivity index (χ0) is 23.3. The number of ether oxygens (including phenoxy) is 1. The van der Waals surface area contributed by atoms with Crippen molar-refractivity contribution in [1.82, 2.24) is 0 Å². The maximum atomic E-state index is 14.5. The smallest absolute Gasteiger partial charge is 0.399 e. The summed E-state index contributed by atoms with van der Waals surface area (Å²) in [5.41, 5.74) is 2.02. The molecular formula is C25H28F6O. The van der Waals surface area contributed by atoms with Gasteiger partial charge in [-0.3, -0.25) is 0 Å². The van der Waals surface area contributed by atoms with Gasteiger partial charge >= 0.3 is 6.36 Å². The predicted molar refractivity (Wildman–Crippen MR) is 111 cm³/mol. The van der Waals surface area contributed by atoms with Crippen LogP contribution in [0.4, 0.5) is 26.3 Å². The van der Waals surface area contributed by atoms with Crippen molar-refractivity contribution in [3.8, 4) is 5.75 Å². The normalized spacial score (nSPS) is 16.2. The Kier molecular flexibility index (Phi) is 8.12. The van der Waals surface area contributed by atoms with Crippen molar-refractivity contribution in [2.45, 2.75) is 77.5 Å². The van der Waals surface area contributed by atoms with Gasteiger partial charge in [0.05, 0.1) is 0 Å². The Labute approximate surface area is 184 Å². The molecule has 1 aliphatic rings. The van der Waals surface area contributed by atoms with Crippen LogP contribution in [0.25, 0.3) is 0 Å². The first-order valence-corrected chi connectivity index (χ1v) is 11.2. The van der Waals surface area contributed by atoms with Gasteiger partial charge in [0, 0.05) is 0 Å². The third kappa shape index (κ3) is 6.42. The van der Waals surface area contributed by atoms with E-state index in [2.05, 4.69) is 11.7 Å². The zero-order valence-corrected chi connectivity index (χ0v) is 18.1. The van der Waals surface area contributed by atoms with Gasteiger partial charge in [0.1, 0.15) is 5.82 Å². The molecule has 3 rings (SSSR count). The number of alkyl halides is 3. The van der Waals surface area contributed by atoms with E-state index >= 15 is 0 Å². The highest BCUT2D eigenvalue weighted by molar-refractivity contribution is 5.41. The van der Waals surface area contributed by atoms with Gasteiger partial charge in [-0.25, -0.2) is 13.2 Å². The molecule has 0 bridgehead atoms. The van der Waals surface area contributed by atoms with Crippen LogP contribution >= 0.6 is 0 Å². The molecular weight excluding hydrogens is 430 g/mol. The lowest BCUT2D eigenvalue weighted by Gasteiger charge is -2.26. The maximum Gasteiger partial charge on any atom is 0.573 e. The van der Waals surface area contributed by atoms with E-state index in [9.17, 15) is 26.3 Å². The minimum atomic E-state index is -5.16. The van der Waals surface area contributed by atoms with Crippen LogP contribution in [0.15, 0.2) is 24.3 Å². The summed E-state index contributed by atoms with van der Waals surface area (Å²) < 4.78 is 83.8. The second kappa shape index (κ2) is 10.6. The fourth-order valence-corrected chi connectivity index (χ4v) is 4.42. The van der Waals surface area contributed by atoms with E-state index < -0.39 is 23.7 Å². The number of hydrogen-bond acceptors (Lipinski definition) is 1. The van der Waals surface area contributed by atoms with Crippen LogP contribution in [-0.4, -0.2) is 6.36 Å². The molecule has 0 saturated heterocycles. The molecule has 1 atom stereocenters. The van der Waals surface area contributed by atoms with E-state index in [1.54, 1.807) is 12.1 Å². The van der Waals surface area contributed by atoms with Gasteiger partial charge < -0.3 is 4.74 Å². The SMILES string of the molecule is CCCCCCc1ccc(CCC2CCc3c(cc(F)c(OC(F)(F)F)c3F)C2)c(F)c1. The summed E-state index contributed by atoms with van der Waals surface area (Å²) in [4.78, 5) is 0. The molecule has 0 N–H and O–H groups in total. The number of halogens is 6. The molecule has 2 aromatic rings. The van der Waals surface area contributed by atoms with Crippen LogP contribution < -0.4 is 4.74 Å². The van der Waals surface area contributed by atoms with Crippen molar-refractivity contribution in [3.63, 3.8) is 0 Å². The van der Waals surface area contributed by atoms with Gasteiger partial charge in [-0.05, 0) is 85.3 Å². The lowest BCUT2D eigenvalue weighted by atomic mass is 9.80. The predicted octanol–water partition coefficient (Wildman–Crippen LogP) is 7.86. The molecule has 32 heavy (non-hydrogen) atoms. The number of hydrogen-bond donors (Lipinski definition) is 0. The lowest BCUT2D eigenvalue weighted by molar-refractivity contribution is -0.276. The van der Waals surface area contributed by atoms with Crippen molar-refractivity contribution >= 4 is 0 Å². The second-order valence-corrected chi connectivity index (χ2v) is 8.57. The van der Waals surface area contributed by atoms with E-state index in [1.165, 1.54) is 6.42 Å². The molecule has 0 aromatic heterocycles. The monoisotopic (exact) mass is 458 g/mol. The van der Waals surface area contributed by atoms with Crippen LogP contribution in [-0.2, 0) is 25.7 Å². The Morgan fingerprint density at radius 1 is 0.969 bits per heavy atom. The largest absolute Gasteiger partial charge is 0.573 e. The lowest BCUT2D eigenvalue weighted by Crippen LogP contribution is -2.22. The standard InChI is InChI=1S/C25H28F6O/c1-2-3-4-5-6-16-7-10-18(21(26)14-16)11-8-17-9-12-20-19(13-17)15-22(27)24(23(20)28)32-25(29,30)31/h7,10,14-15,17H,2-6,8-9,11-13H2,1H3. The summed E-state index contributed by atoms with van der Waals surface area (Å²) in [5.74, 6) is -4.20. The number of aryl methyl sites for hydroxylation is 2. The summed E-state index contributed by atoms with van der Waals surface area (Å²) in [7, 11) is 0. The zero-order valence-electron chi connectivity index (χ0n) is 18.1. The molecule has 0 saturated carbocycles. The average Bonchev–Trinajstić information content (AvgIpc) is 2.73. The fraction of sp³-hybridized carbons (Fsp3) is 0.520. The molecule has 7 heteroatoms. The van der Waals surface area contributed by atoms with Crippen molar-refractivity contribution in [2.24, 2.45) is 5.92 Å². The number of rotatable bonds is 9. The minimum Gasteiger partial charge on any atom is -0.399 e. The molecule has 1 unspecified atom stereocenters. The highest BCUT2D eigenvalue weighted by Crippen LogP contribution is 2.37. The quantitative estimate of drug-likeness (QED) is 0.274. The van der Waals surface area contributed by atoms with Crippen LogP contribution in [0.3, 0.4) is 0 Å². The average molecular weight is 458 g/mol. The Morgan fingerprint density at radius 3 is 2.44 bits per heavy atom. The number of benzene rings is 2. The highest BCUT2D eigenvalue weighted by atomic mass is 19.4. The van der Waals surface area contributed by atoms with Crippen LogP contribution in [0.2, 0.25) is 0 Å². The Hall–Kier alpha value is -2.18. The van der Waals surface area contributed by atoms with E-state index in [0.29, 0.717) is 36.8 Å². The highest BCUT2D eigenvalue weighted by Gasteiger charge is 2.36. The van der Waals surface area contributed by atoms with Gasteiger partial charge in [0.2, 0.25) is 5.75 Å². The summed E-state index contributed by atoms with van der Waals surface area (Å²) in [6, 6.07) is 6.28. The summed E-state index contributed by atoms with van der Waals surface area (Å²) in [6.07, 6.45) is 2.40. The molecule has 0 heterocycles. The molecule has 0 spiro atoms. The minimum absolute atomic E-state index is 0.0699. The van der Waals surface area contributed by atoms with Gasteiger partial charge in [-0.1, -0.05) is 38.3 Å². The topological polar surface area (TPSA) is 9.23 Å². The second-order valence-electron chi connectivity index (χ2n) is 8.57. The van der Waals surface area contributed by atoms with Crippen molar-refractivity contribution in [2.75, 3.05) is 0 Å². The van der Waals surface area contributed by atoms with Gasteiger partial charge in [-0.15, -0.1) is 13.2 Å². The Balaban J connectivity index is 1.60. The van der Waals surface area contributed by atoms with Crippen molar-refractivity contribution in [1.29, 1.82) is 0 Å². The van der Waals surface area contributed by atoms with E-state index in [4.69, 9.17) is 0 Å². The number of fused-ring (bicyclic) bond motifs is 1. The van der Waals surface area contributed by atoms with Gasteiger partial charge in [0.15, 0.2) is 11.6 Å². The summed E-state index contributed by atoms with van der Waals surface area (Å²) in [5, 5.41) is 0. The summed E-state index contributed by atoms with van der Waals surface area (Å²) >= 11 is 0. The van der Waals surface area contributed by atoms with Crippen LogP contribution in [0.5, 0.6) is 5.75 Å². The van der Waals surface area contributed by atoms with Crippen molar-refractivity contribution in [3.05, 3.63) is 64.0 Å². The fourth-order valence-electron chi connectivity index (χ4n) is 4.42. The first-order valence-electron chi connectivity index (χ1n) is 11.2. The number of unbranched alkanes of at least 4 members (excludes halogenated alkanes) is 3. The summed E-state index contributed by atoms with van der Waals surface area (Å²) in [6.45, 7) is 2.14. The molecule has 2 aromatic carbocycles. The maximum absolute atomic E-state index is 14.5. The first-order chi connectivity index (χ1) is 15.2. The third-order valence-electron chi connectivity index (χ3n) is 6.16. The van der Waals surface area contributed by atoms with Gasteiger partial charge in [-0.2, -0.15) is 0 Å². The van der Waals surface area contributed by atoms with Crippen molar-refractivity contribution < 1.29 is 31.1 Å². The third-order valence-corrected chi connectivity index (χ3v) is 6.16. The molecule has 1 nitrogen and oxygen atoms in total. The first kappa shape index (κ1) is 24.5. The van der Waals surface area contributed by atoms with Crippen LogP contribution in [0.1, 0.15) is 67.7 Å². The Morgan fingerprint density at radius 2 is 1.75 bits per heavy atom. The molecule has 0 radical (unpaired) electrons. The van der Waals surface area contributed by atoms with Gasteiger partial charge in [0.25, 0.3) is 0 Å². The molecule has 0 fully saturated rings. The van der Waals surface area contributed by atoms with E-state index in [1.807, 2.05) is 6.07 Å². The van der Waals surface area contributed by atoms with E-state index in [0.717, 1.165) is 37.3 Å². The Bertz CT molecular complexity index is 922. The molecule has 1 aliphatic carbocycles. The molecule has 0 aliphatic heterocycles.